The van der Waals surface area contributed by atoms with E-state index in [2.05, 4.69) is 4.98 Å². The molecule has 2 heterocycles. The fraction of sp³-hybridized carbons (Fsp3) is 0.636. The van der Waals surface area contributed by atoms with Crippen molar-refractivity contribution < 1.29 is 4.79 Å². The van der Waals surface area contributed by atoms with E-state index in [0.29, 0.717) is 6.42 Å². The molecule has 16 heavy (non-hydrogen) atoms. The van der Waals surface area contributed by atoms with Crippen LogP contribution in [0.25, 0.3) is 0 Å². The van der Waals surface area contributed by atoms with E-state index in [-0.39, 0.29) is 24.0 Å². The van der Waals surface area contributed by atoms with Gasteiger partial charge in [0, 0.05) is 23.9 Å². The molecular formula is C11H17N3OS. The first kappa shape index (κ1) is 11.5. The third kappa shape index (κ3) is 1.85. The molecule has 0 spiro atoms. The number of rotatable bonds is 2. The fourth-order valence-electron chi connectivity index (χ4n) is 2.27. The predicted octanol–water partition coefficient (Wildman–Crippen LogP) is 1.46. The lowest BCUT2D eigenvalue weighted by molar-refractivity contribution is -0.130. The molecule has 0 bridgehead atoms. The van der Waals surface area contributed by atoms with Gasteiger partial charge >= 0.3 is 0 Å². The molecule has 1 aromatic heterocycles. The number of aryl methyl sites for hydroxylation is 1. The number of thiazole rings is 1. The van der Waals surface area contributed by atoms with Crippen LogP contribution < -0.4 is 5.73 Å². The number of carbonyl (C=O) groups excluding carboxylic acids is 1. The van der Waals surface area contributed by atoms with E-state index in [9.17, 15) is 4.79 Å². The van der Waals surface area contributed by atoms with E-state index >= 15 is 0 Å². The van der Waals surface area contributed by atoms with E-state index in [1.807, 2.05) is 31.1 Å². The van der Waals surface area contributed by atoms with Gasteiger partial charge in [0.15, 0.2) is 0 Å². The maximum atomic E-state index is 11.8. The van der Waals surface area contributed by atoms with Gasteiger partial charge in [0.05, 0.1) is 16.7 Å². The SMILES string of the molecule is Cc1nc([C@@H]2[C@@H](N)CC(=O)N2C(C)C)cs1. The molecule has 0 radical (unpaired) electrons. The Bertz CT molecular complexity index is 402. The summed E-state index contributed by atoms with van der Waals surface area (Å²) in [4.78, 5) is 18.2. The highest BCUT2D eigenvalue weighted by molar-refractivity contribution is 7.09. The fourth-order valence-corrected chi connectivity index (χ4v) is 2.91. The van der Waals surface area contributed by atoms with Crippen molar-refractivity contribution in [3.05, 3.63) is 16.1 Å². The monoisotopic (exact) mass is 239 g/mol. The van der Waals surface area contributed by atoms with Gasteiger partial charge in [-0.25, -0.2) is 4.98 Å². The summed E-state index contributed by atoms with van der Waals surface area (Å²) in [5, 5.41) is 3.03. The topological polar surface area (TPSA) is 59.2 Å². The van der Waals surface area contributed by atoms with Gasteiger partial charge in [-0.15, -0.1) is 11.3 Å². The summed E-state index contributed by atoms with van der Waals surface area (Å²) in [5.74, 6) is 0.137. The summed E-state index contributed by atoms with van der Waals surface area (Å²) in [7, 11) is 0. The van der Waals surface area contributed by atoms with Crippen LogP contribution in [-0.4, -0.2) is 27.9 Å². The zero-order valence-corrected chi connectivity index (χ0v) is 10.6. The molecule has 5 heteroatoms. The second-order valence-corrected chi connectivity index (χ2v) is 5.56. The van der Waals surface area contributed by atoms with Gasteiger partial charge in [-0.3, -0.25) is 4.79 Å². The standard InChI is InChI=1S/C11H17N3OS/c1-6(2)14-10(15)4-8(12)11(14)9-5-16-7(3)13-9/h5-6,8,11H,4,12H2,1-3H3/t8-,11-/m0/s1. The number of carbonyl (C=O) groups is 1. The Kier molecular flexibility index (Phi) is 2.99. The molecule has 1 saturated heterocycles. The Hall–Kier alpha value is -0.940. The summed E-state index contributed by atoms with van der Waals surface area (Å²) in [6, 6.07) is 0.00176. The van der Waals surface area contributed by atoms with Crippen LogP contribution in [0.15, 0.2) is 5.38 Å². The van der Waals surface area contributed by atoms with Crippen molar-refractivity contribution >= 4 is 17.2 Å². The molecule has 1 aliphatic heterocycles. The van der Waals surface area contributed by atoms with E-state index in [0.717, 1.165) is 10.7 Å². The van der Waals surface area contributed by atoms with Crippen molar-refractivity contribution in [3.8, 4) is 0 Å². The van der Waals surface area contributed by atoms with Crippen molar-refractivity contribution in [2.75, 3.05) is 0 Å². The van der Waals surface area contributed by atoms with Crippen molar-refractivity contribution in [2.24, 2.45) is 5.73 Å². The van der Waals surface area contributed by atoms with E-state index in [4.69, 9.17) is 5.73 Å². The lowest BCUT2D eigenvalue weighted by Crippen LogP contribution is -2.37. The number of likely N-dealkylation sites (tertiary alicyclic amines) is 1. The van der Waals surface area contributed by atoms with Crippen LogP contribution in [-0.2, 0) is 4.79 Å². The number of amides is 1. The Morgan fingerprint density at radius 1 is 1.62 bits per heavy atom. The Morgan fingerprint density at radius 3 is 2.81 bits per heavy atom. The molecule has 0 saturated carbocycles. The van der Waals surface area contributed by atoms with Gasteiger partial charge in [0.25, 0.3) is 0 Å². The zero-order valence-electron chi connectivity index (χ0n) is 9.80. The molecule has 2 N–H and O–H groups in total. The van der Waals surface area contributed by atoms with Gasteiger partial charge in [0.2, 0.25) is 5.91 Å². The van der Waals surface area contributed by atoms with Crippen LogP contribution in [0.2, 0.25) is 0 Å². The Labute approximate surface area is 99.5 Å². The van der Waals surface area contributed by atoms with Crippen molar-refractivity contribution in [1.82, 2.24) is 9.88 Å². The molecular weight excluding hydrogens is 222 g/mol. The molecule has 1 aromatic rings. The molecule has 88 valence electrons. The Morgan fingerprint density at radius 2 is 2.31 bits per heavy atom. The van der Waals surface area contributed by atoms with Crippen LogP contribution in [0.1, 0.15) is 37.0 Å². The number of hydrogen-bond acceptors (Lipinski definition) is 4. The summed E-state index contributed by atoms with van der Waals surface area (Å²) in [5.41, 5.74) is 6.98. The maximum Gasteiger partial charge on any atom is 0.225 e. The van der Waals surface area contributed by atoms with Gasteiger partial charge in [-0.1, -0.05) is 0 Å². The summed E-state index contributed by atoms with van der Waals surface area (Å²) in [6.07, 6.45) is 0.430. The van der Waals surface area contributed by atoms with Crippen molar-refractivity contribution in [1.29, 1.82) is 0 Å². The van der Waals surface area contributed by atoms with Crippen LogP contribution in [0, 0.1) is 6.92 Å². The molecule has 1 fully saturated rings. The number of nitrogens with zero attached hydrogens (tertiary/aromatic N) is 2. The van der Waals surface area contributed by atoms with Gasteiger partial charge in [-0.2, -0.15) is 0 Å². The highest BCUT2D eigenvalue weighted by Crippen LogP contribution is 2.33. The van der Waals surface area contributed by atoms with E-state index in [1.54, 1.807) is 11.3 Å². The largest absolute Gasteiger partial charge is 0.330 e. The quantitative estimate of drug-likeness (QED) is 0.850. The summed E-state index contributed by atoms with van der Waals surface area (Å²) in [6.45, 7) is 6.00. The minimum atomic E-state index is -0.128. The van der Waals surface area contributed by atoms with Gasteiger partial charge in [0.1, 0.15) is 0 Å². The molecule has 1 aliphatic rings. The molecule has 4 nitrogen and oxygen atoms in total. The first-order valence-electron chi connectivity index (χ1n) is 5.49. The Balaban J connectivity index is 2.33. The van der Waals surface area contributed by atoms with Crippen LogP contribution in [0.3, 0.4) is 0 Å². The third-order valence-electron chi connectivity index (χ3n) is 2.90. The first-order valence-corrected chi connectivity index (χ1v) is 6.37. The predicted molar refractivity (Wildman–Crippen MR) is 64.2 cm³/mol. The molecule has 0 aromatic carbocycles. The smallest absolute Gasteiger partial charge is 0.225 e. The second-order valence-electron chi connectivity index (χ2n) is 4.50. The van der Waals surface area contributed by atoms with Crippen LogP contribution >= 0.6 is 11.3 Å². The number of hydrogen-bond donors (Lipinski definition) is 1. The summed E-state index contributed by atoms with van der Waals surface area (Å²) >= 11 is 1.60. The van der Waals surface area contributed by atoms with Crippen LogP contribution in [0.4, 0.5) is 0 Å². The normalized spacial score (nSPS) is 25.8. The van der Waals surface area contributed by atoms with Gasteiger partial charge < -0.3 is 10.6 Å². The van der Waals surface area contributed by atoms with Crippen molar-refractivity contribution in [2.45, 2.75) is 45.3 Å². The lowest BCUT2D eigenvalue weighted by atomic mass is 10.1. The van der Waals surface area contributed by atoms with Gasteiger partial charge in [-0.05, 0) is 20.8 Å². The first-order chi connectivity index (χ1) is 7.50. The average Bonchev–Trinajstić information content (AvgIpc) is 2.69. The molecule has 0 unspecified atom stereocenters. The van der Waals surface area contributed by atoms with Crippen molar-refractivity contribution in [3.63, 3.8) is 0 Å². The molecule has 0 aliphatic carbocycles. The minimum absolute atomic E-state index is 0.0440. The van der Waals surface area contributed by atoms with E-state index in [1.165, 1.54) is 0 Å². The second kappa shape index (κ2) is 4.14. The highest BCUT2D eigenvalue weighted by atomic mass is 32.1. The maximum absolute atomic E-state index is 11.8. The summed E-state index contributed by atoms with van der Waals surface area (Å²) < 4.78 is 0. The molecule has 2 rings (SSSR count). The molecule has 1 amide bonds. The zero-order chi connectivity index (χ0) is 11.9. The van der Waals surface area contributed by atoms with Crippen LogP contribution in [0.5, 0.6) is 0 Å². The van der Waals surface area contributed by atoms with E-state index < -0.39 is 0 Å². The average molecular weight is 239 g/mol. The third-order valence-corrected chi connectivity index (χ3v) is 3.69. The lowest BCUT2D eigenvalue weighted by Gasteiger charge is -2.29. The number of nitrogens with two attached hydrogens (primary N) is 1. The number of aromatic nitrogens is 1. The highest BCUT2D eigenvalue weighted by Gasteiger charge is 2.40. The molecule has 2 atom stereocenters. The minimum Gasteiger partial charge on any atom is -0.330 e.